The van der Waals surface area contributed by atoms with Crippen LogP contribution in [0.1, 0.15) is 46.6 Å². The van der Waals surface area contributed by atoms with Crippen molar-refractivity contribution >= 4 is 17.3 Å². The Labute approximate surface area is 147 Å². The van der Waals surface area contributed by atoms with Crippen molar-refractivity contribution in [3.8, 4) is 0 Å². The van der Waals surface area contributed by atoms with E-state index in [1.807, 2.05) is 56.3 Å². The lowest BCUT2D eigenvalue weighted by molar-refractivity contribution is -0.114. The molecule has 0 aromatic heterocycles. The Morgan fingerprint density at radius 1 is 0.958 bits per heavy atom. The first-order chi connectivity index (χ1) is 11.6. The number of nitrogens with zero attached hydrogens (tertiary/aromatic N) is 1. The molecule has 3 heteroatoms. The number of nitrogens with one attached hydrogen (secondary N) is 1. The van der Waals surface area contributed by atoms with E-state index in [9.17, 15) is 4.79 Å². The van der Waals surface area contributed by atoms with Crippen LogP contribution in [0.4, 0.5) is 11.4 Å². The summed E-state index contributed by atoms with van der Waals surface area (Å²) in [5.41, 5.74) is 3.23. The smallest absolute Gasteiger partial charge is 0.221 e. The van der Waals surface area contributed by atoms with E-state index in [0.717, 1.165) is 12.2 Å². The Bertz CT molecular complexity index is 550. The Balaban J connectivity index is 0.000000952. The van der Waals surface area contributed by atoms with Crippen LogP contribution < -0.4 is 10.2 Å². The highest BCUT2D eigenvalue weighted by Crippen LogP contribution is 2.16. The maximum absolute atomic E-state index is 10.9. The maximum atomic E-state index is 10.9. The van der Waals surface area contributed by atoms with Gasteiger partial charge in [0.1, 0.15) is 0 Å². The Morgan fingerprint density at radius 3 is 1.92 bits per heavy atom. The Hall–Kier alpha value is -2.29. The van der Waals surface area contributed by atoms with E-state index in [0.29, 0.717) is 0 Å². The molecular weight excluding hydrogens is 296 g/mol. The van der Waals surface area contributed by atoms with Crippen LogP contribution in [-0.2, 0) is 11.3 Å². The van der Waals surface area contributed by atoms with Crippen LogP contribution in [0.2, 0.25) is 0 Å². The van der Waals surface area contributed by atoms with Crippen molar-refractivity contribution in [1.82, 2.24) is 0 Å². The molecule has 2 rings (SSSR count). The highest BCUT2D eigenvalue weighted by atomic mass is 16.1. The van der Waals surface area contributed by atoms with Gasteiger partial charge in [0.05, 0.1) is 0 Å². The predicted molar refractivity (Wildman–Crippen MR) is 107 cm³/mol. The summed E-state index contributed by atoms with van der Waals surface area (Å²) in [4.78, 5) is 13.1. The van der Waals surface area contributed by atoms with Crippen molar-refractivity contribution < 1.29 is 4.79 Å². The third-order valence-electron chi connectivity index (χ3n) is 2.89. The first kappa shape index (κ1) is 21.7. The quantitative estimate of drug-likeness (QED) is 0.778. The molecule has 2 aromatic carbocycles. The normalized spacial score (nSPS) is 8.92. The van der Waals surface area contributed by atoms with Gasteiger partial charge in [0, 0.05) is 31.9 Å². The van der Waals surface area contributed by atoms with Crippen LogP contribution in [0.15, 0.2) is 54.6 Å². The van der Waals surface area contributed by atoms with Crippen LogP contribution in [0.3, 0.4) is 0 Å². The fraction of sp³-hybridized carbons (Fsp3) is 0.381. The van der Waals surface area contributed by atoms with E-state index in [2.05, 4.69) is 43.2 Å². The van der Waals surface area contributed by atoms with Gasteiger partial charge in [-0.15, -0.1) is 0 Å². The van der Waals surface area contributed by atoms with Gasteiger partial charge in [0.2, 0.25) is 5.91 Å². The molecule has 0 bridgehead atoms. The highest BCUT2D eigenvalue weighted by Gasteiger charge is 2.02. The number of carbonyl (C=O) groups is 1. The Kier molecular flexibility index (Phi) is 11.9. The second-order valence-electron chi connectivity index (χ2n) is 5.28. The second kappa shape index (κ2) is 13.2. The van der Waals surface area contributed by atoms with E-state index >= 15 is 0 Å². The molecule has 0 spiro atoms. The number of rotatable bonds is 4. The predicted octanol–water partition coefficient (Wildman–Crippen LogP) is 5.72. The van der Waals surface area contributed by atoms with Gasteiger partial charge in [0.15, 0.2) is 0 Å². The molecule has 0 heterocycles. The molecule has 0 aliphatic heterocycles. The zero-order chi connectivity index (χ0) is 18.4. The average molecular weight is 329 g/mol. The van der Waals surface area contributed by atoms with Gasteiger partial charge in [-0.2, -0.15) is 0 Å². The molecule has 0 aliphatic carbocycles. The second-order valence-corrected chi connectivity index (χ2v) is 5.28. The summed E-state index contributed by atoms with van der Waals surface area (Å²) in [5, 5.41) is 2.76. The van der Waals surface area contributed by atoms with Crippen molar-refractivity contribution in [2.45, 2.75) is 47.6 Å². The van der Waals surface area contributed by atoms with Crippen molar-refractivity contribution in [3.05, 3.63) is 60.2 Å². The minimum atomic E-state index is -0.0471. The number of hydrogen-bond acceptors (Lipinski definition) is 2. The Morgan fingerprint density at radius 2 is 1.46 bits per heavy atom. The van der Waals surface area contributed by atoms with Crippen LogP contribution >= 0.6 is 0 Å². The minimum absolute atomic E-state index is 0.0471. The summed E-state index contributed by atoms with van der Waals surface area (Å²) in [6, 6.07) is 18.2. The molecule has 0 saturated carbocycles. The third kappa shape index (κ3) is 8.99. The number of anilines is 2. The minimum Gasteiger partial charge on any atom is -0.370 e. The lowest BCUT2D eigenvalue weighted by Gasteiger charge is -2.19. The zero-order valence-corrected chi connectivity index (χ0v) is 16.0. The van der Waals surface area contributed by atoms with Gasteiger partial charge >= 0.3 is 0 Å². The van der Waals surface area contributed by atoms with Crippen LogP contribution in [0.25, 0.3) is 0 Å². The summed E-state index contributed by atoms with van der Waals surface area (Å²) < 4.78 is 0. The van der Waals surface area contributed by atoms with Crippen molar-refractivity contribution in [2.24, 2.45) is 0 Å². The van der Waals surface area contributed by atoms with E-state index < -0.39 is 0 Å². The first-order valence-electron chi connectivity index (χ1n) is 8.69. The molecule has 0 fully saturated rings. The van der Waals surface area contributed by atoms with Crippen LogP contribution in [0, 0.1) is 0 Å². The summed E-state index contributed by atoms with van der Waals surface area (Å²) in [6.07, 6.45) is 1.25. The number of carbonyl (C=O) groups excluding carboxylic acids is 1. The molecule has 0 saturated heterocycles. The molecule has 1 amide bonds. The summed E-state index contributed by atoms with van der Waals surface area (Å²) in [6.45, 7) is 10.6. The van der Waals surface area contributed by atoms with E-state index in [4.69, 9.17) is 0 Å². The summed E-state index contributed by atoms with van der Waals surface area (Å²) in [7, 11) is 2.07. The first-order valence-corrected chi connectivity index (χ1v) is 8.69. The lowest BCUT2D eigenvalue weighted by atomic mass is 10.2. The van der Waals surface area contributed by atoms with Crippen molar-refractivity contribution in [2.75, 3.05) is 17.3 Å². The number of amides is 1. The molecular formula is C21H32N2O. The molecule has 0 atom stereocenters. The van der Waals surface area contributed by atoms with Gasteiger partial charge in [-0.25, -0.2) is 0 Å². The SMILES string of the molecule is CC.CC(=O)Nc1ccc(CN(C)c2ccccc2)cc1.CCC. The van der Waals surface area contributed by atoms with Crippen LogP contribution in [-0.4, -0.2) is 13.0 Å². The molecule has 0 unspecified atom stereocenters. The number of benzene rings is 2. The number of hydrogen-bond donors (Lipinski definition) is 1. The molecule has 132 valence electrons. The fourth-order valence-electron chi connectivity index (χ4n) is 1.94. The topological polar surface area (TPSA) is 32.3 Å². The van der Waals surface area contributed by atoms with Crippen LogP contribution in [0.5, 0.6) is 0 Å². The van der Waals surface area contributed by atoms with Crippen molar-refractivity contribution in [1.29, 1.82) is 0 Å². The number of para-hydroxylation sites is 1. The van der Waals surface area contributed by atoms with Gasteiger partial charge in [0.25, 0.3) is 0 Å². The average Bonchev–Trinajstić information content (AvgIpc) is 2.59. The molecule has 24 heavy (non-hydrogen) atoms. The van der Waals surface area contributed by atoms with Gasteiger partial charge in [-0.1, -0.05) is 64.4 Å². The molecule has 0 aliphatic rings. The largest absolute Gasteiger partial charge is 0.370 e. The van der Waals surface area contributed by atoms with E-state index in [1.165, 1.54) is 24.6 Å². The molecule has 3 nitrogen and oxygen atoms in total. The summed E-state index contributed by atoms with van der Waals surface area (Å²) in [5.74, 6) is -0.0471. The van der Waals surface area contributed by atoms with Crippen molar-refractivity contribution in [3.63, 3.8) is 0 Å². The van der Waals surface area contributed by atoms with Gasteiger partial charge in [-0.3, -0.25) is 4.79 Å². The monoisotopic (exact) mass is 328 g/mol. The van der Waals surface area contributed by atoms with E-state index in [-0.39, 0.29) is 5.91 Å². The maximum Gasteiger partial charge on any atom is 0.221 e. The molecule has 0 radical (unpaired) electrons. The third-order valence-corrected chi connectivity index (χ3v) is 2.89. The highest BCUT2D eigenvalue weighted by molar-refractivity contribution is 5.88. The molecule has 1 N–H and O–H groups in total. The van der Waals surface area contributed by atoms with Gasteiger partial charge in [-0.05, 0) is 29.8 Å². The van der Waals surface area contributed by atoms with Gasteiger partial charge < -0.3 is 10.2 Å². The lowest BCUT2D eigenvalue weighted by Crippen LogP contribution is -2.16. The fourth-order valence-corrected chi connectivity index (χ4v) is 1.94. The summed E-state index contributed by atoms with van der Waals surface area (Å²) >= 11 is 0. The molecule has 2 aromatic rings. The van der Waals surface area contributed by atoms with E-state index in [1.54, 1.807) is 0 Å². The zero-order valence-electron chi connectivity index (χ0n) is 16.0. The standard InChI is InChI=1S/C16H18N2O.C3H8.C2H6/c1-13(19)17-15-10-8-14(9-11-15)12-18(2)16-6-4-3-5-7-16;1-3-2;1-2/h3-11H,12H2,1-2H3,(H,17,19);3H2,1-2H3;1-2H3.